The number of thioether (sulfide) groups is 1. The van der Waals surface area contributed by atoms with Crippen LogP contribution in [0.4, 0.5) is 0 Å². The highest BCUT2D eigenvalue weighted by Crippen LogP contribution is 2.35. The van der Waals surface area contributed by atoms with Gasteiger partial charge in [-0.3, -0.25) is 0 Å². The Morgan fingerprint density at radius 3 is 2.32 bits per heavy atom. The fraction of sp³-hybridized carbons (Fsp3) is 0.200. The molecule has 0 N–H and O–H groups in total. The molecule has 4 aromatic rings. The van der Waals surface area contributed by atoms with Gasteiger partial charge in [0.2, 0.25) is 11.8 Å². The molecule has 4 rings (SSSR count). The predicted octanol–water partition coefficient (Wildman–Crippen LogP) is 5.35. The van der Waals surface area contributed by atoms with E-state index in [0.717, 1.165) is 22.1 Å². The molecule has 0 saturated heterocycles. The Morgan fingerprint density at radius 1 is 0.929 bits per heavy atom. The van der Waals surface area contributed by atoms with E-state index >= 15 is 0 Å². The van der Waals surface area contributed by atoms with E-state index in [0.29, 0.717) is 16.8 Å². The van der Waals surface area contributed by atoms with E-state index in [1.54, 1.807) is 0 Å². The van der Waals surface area contributed by atoms with E-state index in [9.17, 15) is 0 Å². The third-order valence-electron chi connectivity index (χ3n) is 4.31. The largest absolute Gasteiger partial charge is 0.419 e. The minimum atomic E-state index is -0.0623. The van der Waals surface area contributed by atoms with E-state index in [-0.39, 0.29) is 5.25 Å². The number of hydrogen-bond donors (Lipinski definition) is 0. The van der Waals surface area contributed by atoms with Gasteiger partial charge < -0.3 is 8.98 Å². The molecule has 0 unspecified atom stereocenters. The first-order valence-electron chi connectivity index (χ1n) is 8.73. The van der Waals surface area contributed by atoms with Crippen LogP contribution >= 0.6 is 23.4 Å². The highest BCUT2D eigenvalue weighted by atomic mass is 35.5. The molecule has 6 nitrogen and oxygen atoms in total. The molecular formula is C20H18ClN5OS. The number of aromatic nitrogens is 5. The van der Waals surface area contributed by atoms with Crippen molar-refractivity contribution in [1.29, 1.82) is 0 Å². The quantitative estimate of drug-likeness (QED) is 0.412. The zero-order valence-electron chi connectivity index (χ0n) is 15.6. The van der Waals surface area contributed by atoms with Crippen LogP contribution in [0.2, 0.25) is 5.02 Å². The number of aryl methyl sites for hydroxylation is 1. The molecule has 0 radical (unpaired) electrons. The Hall–Kier alpha value is -2.64. The van der Waals surface area contributed by atoms with Crippen LogP contribution in [0.3, 0.4) is 0 Å². The zero-order chi connectivity index (χ0) is 19.7. The first-order valence-corrected chi connectivity index (χ1v) is 9.99. The van der Waals surface area contributed by atoms with Gasteiger partial charge in [0.25, 0.3) is 0 Å². The molecule has 2 aromatic heterocycles. The van der Waals surface area contributed by atoms with E-state index in [1.807, 2.05) is 74.0 Å². The lowest BCUT2D eigenvalue weighted by Gasteiger charge is -2.07. The molecule has 0 amide bonds. The smallest absolute Gasteiger partial charge is 0.247 e. The molecule has 0 aliphatic rings. The normalized spacial score (nSPS) is 12.3. The van der Waals surface area contributed by atoms with Crippen molar-refractivity contribution in [3.8, 4) is 22.8 Å². The Labute approximate surface area is 172 Å². The van der Waals surface area contributed by atoms with E-state index in [2.05, 4.69) is 20.4 Å². The second-order valence-electron chi connectivity index (χ2n) is 6.44. The summed E-state index contributed by atoms with van der Waals surface area (Å²) in [4.78, 5) is 0. The van der Waals surface area contributed by atoms with Crippen molar-refractivity contribution in [1.82, 2.24) is 25.0 Å². The Balaban J connectivity index is 1.52. The molecule has 8 heteroatoms. The minimum absolute atomic E-state index is 0.0623. The van der Waals surface area contributed by atoms with Crippen LogP contribution in [0.15, 0.2) is 58.1 Å². The summed E-state index contributed by atoms with van der Waals surface area (Å²) in [6.45, 7) is 4.05. The van der Waals surface area contributed by atoms with Gasteiger partial charge >= 0.3 is 0 Å². The van der Waals surface area contributed by atoms with Crippen LogP contribution in [0.1, 0.15) is 23.6 Å². The molecule has 28 heavy (non-hydrogen) atoms. The standard InChI is InChI=1S/C20H18ClN5OS/c1-12-4-6-15(7-5-12)19-24-23-18(27-19)13(2)28-20-25-22-17(26(20)3)14-8-10-16(21)11-9-14/h4-11,13H,1-3H3/t13-/m0/s1. The second kappa shape index (κ2) is 7.77. The maximum absolute atomic E-state index is 5.96. The molecule has 0 aliphatic carbocycles. The summed E-state index contributed by atoms with van der Waals surface area (Å²) in [6.07, 6.45) is 0. The van der Waals surface area contributed by atoms with Gasteiger partial charge in [0.15, 0.2) is 11.0 Å². The Kier molecular flexibility index (Phi) is 5.19. The Bertz CT molecular complexity index is 1090. The van der Waals surface area contributed by atoms with Gasteiger partial charge in [-0.2, -0.15) is 0 Å². The summed E-state index contributed by atoms with van der Waals surface area (Å²) in [5.74, 6) is 1.84. The number of nitrogens with zero attached hydrogens (tertiary/aromatic N) is 5. The van der Waals surface area contributed by atoms with Crippen molar-refractivity contribution in [3.05, 3.63) is 65.0 Å². The third-order valence-corrected chi connectivity index (χ3v) is 5.68. The Morgan fingerprint density at radius 2 is 1.61 bits per heavy atom. The number of benzene rings is 2. The average Bonchev–Trinajstić information content (AvgIpc) is 3.31. The van der Waals surface area contributed by atoms with E-state index < -0.39 is 0 Å². The monoisotopic (exact) mass is 411 g/mol. The first kappa shape index (κ1) is 18.7. The van der Waals surface area contributed by atoms with Crippen molar-refractivity contribution >= 4 is 23.4 Å². The van der Waals surface area contributed by atoms with Crippen LogP contribution in [0.5, 0.6) is 0 Å². The third kappa shape index (κ3) is 3.81. The summed E-state index contributed by atoms with van der Waals surface area (Å²) in [5, 5.41) is 18.4. The summed E-state index contributed by atoms with van der Waals surface area (Å²) >= 11 is 7.48. The lowest BCUT2D eigenvalue weighted by molar-refractivity contribution is 0.508. The van der Waals surface area contributed by atoms with Gasteiger partial charge in [-0.25, -0.2) is 0 Å². The van der Waals surface area contributed by atoms with E-state index in [4.69, 9.17) is 16.0 Å². The van der Waals surface area contributed by atoms with Gasteiger partial charge in [0.05, 0.1) is 5.25 Å². The molecule has 0 aliphatic heterocycles. The number of halogens is 1. The van der Waals surface area contributed by atoms with Crippen molar-refractivity contribution in [3.63, 3.8) is 0 Å². The fourth-order valence-electron chi connectivity index (χ4n) is 2.69. The van der Waals surface area contributed by atoms with Gasteiger partial charge in [-0.1, -0.05) is 41.1 Å². The topological polar surface area (TPSA) is 69.6 Å². The van der Waals surface area contributed by atoms with Crippen LogP contribution in [-0.4, -0.2) is 25.0 Å². The van der Waals surface area contributed by atoms with E-state index in [1.165, 1.54) is 17.3 Å². The number of hydrogen-bond acceptors (Lipinski definition) is 6. The van der Waals surface area contributed by atoms with Crippen molar-refractivity contribution in [2.24, 2.45) is 7.05 Å². The SMILES string of the molecule is Cc1ccc(-c2nnc([C@H](C)Sc3nnc(-c4ccc(Cl)cc4)n3C)o2)cc1. The second-order valence-corrected chi connectivity index (χ2v) is 8.19. The molecular weight excluding hydrogens is 394 g/mol. The van der Waals surface area contributed by atoms with Gasteiger partial charge in [-0.05, 0) is 50.2 Å². The van der Waals surface area contributed by atoms with Crippen molar-refractivity contribution < 1.29 is 4.42 Å². The highest BCUT2D eigenvalue weighted by Gasteiger charge is 2.20. The van der Waals surface area contributed by atoms with Crippen LogP contribution in [0.25, 0.3) is 22.8 Å². The minimum Gasteiger partial charge on any atom is -0.419 e. The molecule has 2 aromatic carbocycles. The summed E-state index contributed by atoms with van der Waals surface area (Å²) < 4.78 is 7.82. The van der Waals surface area contributed by atoms with Crippen LogP contribution < -0.4 is 0 Å². The van der Waals surface area contributed by atoms with Gasteiger partial charge in [-0.15, -0.1) is 20.4 Å². The molecule has 0 spiro atoms. The lowest BCUT2D eigenvalue weighted by Crippen LogP contribution is -1.97. The molecule has 0 fully saturated rings. The summed E-state index contributed by atoms with van der Waals surface area (Å²) in [6, 6.07) is 15.5. The first-order chi connectivity index (χ1) is 13.5. The van der Waals surface area contributed by atoms with Crippen LogP contribution in [0, 0.1) is 6.92 Å². The molecule has 142 valence electrons. The van der Waals surface area contributed by atoms with Crippen molar-refractivity contribution in [2.45, 2.75) is 24.3 Å². The van der Waals surface area contributed by atoms with Gasteiger partial charge in [0.1, 0.15) is 0 Å². The molecule has 0 saturated carbocycles. The van der Waals surface area contributed by atoms with Gasteiger partial charge in [0, 0.05) is 23.2 Å². The van der Waals surface area contributed by atoms with Crippen LogP contribution in [-0.2, 0) is 7.05 Å². The number of rotatable bonds is 5. The summed E-state index contributed by atoms with van der Waals surface area (Å²) in [7, 11) is 1.94. The van der Waals surface area contributed by atoms with Crippen molar-refractivity contribution in [2.75, 3.05) is 0 Å². The zero-order valence-corrected chi connectivity index (χ0v) is 17.2. The average molecular weight is 412 g/mol. The highest BCUT2D eigenvalue weighted by molar-refractivity contribution is 7.99. The molecule has 0 bridgehead atoms. The molecule has 2 heterocycles. The predicted molar refractivity (Wildman–Crippen MR) is 110 cm³/mol. The fourth-order valence-corrected chi connectivity index (χ4v) is 3.66. The molecule has 1 atom stereocenters. The lowest BCUT2D eigenvalue weighted by atomic mass is 10.1. The maximum atomic E-state index is 5.96. The summed E-state index contributed by atoms with van der Waals surface area (Å²) in [5.41, 5.74) is 3.05. The maximum Gasteiger partial charge on any atom is 0.247 e.